The fourth-order valence-electron chi connectivity index (χ4n) is 2.09. The minimum atomic E-state index is 0.709. The lowest BCUT2D eigenvalue weighted by atomic mass is 10.1. The first kappa shape index (κ1) is 14.5. The van der Waals surface area contributed by atoms with Gasteiger partial charge in [-0.2, -0.15) is 0 Å². The fraction of sp³-hybridized carbons (Fsp3) is 0.571. The van der Waals surface area contributed by atoms with Crippen molar-refractivity contribution in [3.8, 4) is 0 Å². The van der Waals surface area contributed by atoms with Crippen molar-refractivity contribution in [3.05, 3.63) is 28.2 Å². The number of benzene rings is 1. The third-order valence-electron chi connectivity index (χ3n) is 2.79. The molecule has 0 radical (unpaired) electrons. The summed E-state index contributed by atoms with van der Waals surface area (Å²) in [5.74, 6) is 0. The minimum Gasteiger partial charge on any atom is -0.371 e. The van der Waals surface area contributed by atoms with E-state index >= 15 is 0 Å². The van der Waals surface area contributed by atoms with Gasteiger partial charge < -0.3 is 10.6 Å². The lowest BCUT2D eigenvalue weighted by Gasteiger charge is -2.26. The van der Waals surface area contributed by atoms with Crippen LogP contribution in [0.3, 0.4) is 0 Å². The second-order valence-electron chi connectivity index (χ2n) is 4.30. The van der Waals surface area contributed by atoms with Crippen LogP contribution in [0.1, 0.15) is 32.3 Å². The Kier molecular flexibility index (Phi) is 6.60. The van der Waals surface area contributed by atoms with E-state index in [-0.39, 0.29) is 0 Å². The van der Waals surface area contributed by atoms with Gasteiger partial charge in [0.15, 0.2) is 0 Å². The average molecular weight is 299 g/mol. The van der Waals surface area contributed by atoms with Crippen LogP contribution in [0.2, 0.25) is 0 Å². The summed E-state index contributed by atoms with van der Waals surface area (Å²) in [6.07, 6.45) is 3.30. The van der Waals surface area contributed by atoms with Gasteiger partial charge in [0.2, 0.25) is 0 Å². The summed E-state index contributed by atoms with van der Waals surface area (Å²) >= 11 is 3.56. The number of nitrogens with zero attached hydrogens (tertiary/aromatic N) is 1. The summed E-state index contributed by atoms with van der Waals surface area (Å²) in [5, 5.41) is 0. The van der Waals surface area contributed by atoms with Crippen LogP contribution in [0.25, 0.3) is 0 Å². The topological polar surface area (TPSA) is 29.3 Å². The highest BCUT2D eigenvalue weighted by molar-refractivity contribution is 9.10. The lowest BCUT2D eigenvalue weighted by Crippen LogP contribution is -2.26. The maximum Gasteiger partial charge on any atom is 0.0410 e. The monoisotopic (exact) mass is 298 g/mol. The predicted molar refractivity (Wildman–Crippen MR) is 79.7 cm³/mol. The highest BCUT2D eigenvalue weighted by Crippen LogP contribution is 2.26. The largest absolute Gasteiger partial charge is 0.371 e. The summed E-state index contributed by atoms with van der Waals surface area (Å²) in [5.41, 5.74) is 8.39. The number of hydrogen-bond acceptors (Lipinski definition) is 2. The summed E-state index contributed by atoms with van der Waals surface area (Å²) < 4.78 is 1.14. The smallest absolute Gasteiger partial charge is 0.0410 e. The first-order valence-electron chi connectivity index (χ1n) is 6.46. The maximum atomic E-state index is 5.69. The molecular formula is C14H23BrN2. The van der Waals surface area contributed by atoms with E-state index in [9.17, 15) is 0 Å². The Hall–Kier alpha value is -0.540. The molecule has 3 heteroatoms. The maximum absolute atomic E-state index is 5.69. The van der Waals surface area contributed by atoms with Gasteiger partial charge in [-0.15, -0.1) is 0 Å². The molecule has 0 aliphatic rings. The third-order valence-corrected chi connectivity index (χ3v) is 3.28. The number of hydrogen-bond donors (Lipinski definition) is 1. The molecule has 0 aromatic heterocycles. The molecule has 0 heterocycles. The van der Waals surface area contributed by atoms with E-state index in [1.807, 2.05) is 0 Å². The molecule has 0 fully saturated rings. The molecule has 17 heavy (non-hydrogen) atoms. The Balaban J connectivity index is 3.00. The summed E-state index contributed by atoms with van der Waals surface area (Å²) in [6, 6.07) is 6.51. The molecular weight excluding hydrogens is 276 g/mol. The highest BCUT2D eigenvalue weighted by atomic mass is 79.9. The Morgan fingerprint density at radius 2 is 1.82 bits per heavy atom. The van der Waals surface area contributed by atoms with E-state index in [1.165, 1.54) is 24.1 Å². The fourth-order valence-corrected chi connectivity index (χ4v) is 2.44. The van der Waals surface area contributed by atoms with Gasteiger partial charge in [-0.25, -0.2) is 0 Å². The Morgan fingerprint density at radius 3 is 2.35 bits per heavy atom. The molecule has 1 rings (SSSR count). The summed E-state index contributed by atoms with van der Waals surface area (Å²) in [7, 11) is 0. The molecule has 0 saturated heterocycles. The number of rotatable bonds is 7. The molecule has 2 nitrogen and oxygen atoms in total. The van der Waals surface area contributed by atoms with Crippen LogP contribution in [0.5, 0.6) is 0 Å². The molecule has 0 aliphatic heterocycles. The number of nitrogens with two attached hydrogens (primary N) is 1. The molecule has 0 saturated carbocycles. The third kappa shape index (κ3) is 4.32. The number of anilines is 1. The van der Waals surface area contributed by atoms with Gasteiger partial charge in [-0.3, -0.25) is 0 Å². The molecule has 96 valence electrons. The highest BCUT2D eigenvalue weighted by Gasteiger charge is 2.10. The van der Waals surface area contributed by atoms with Gasteiger partial charge in [-0.05, 0) is 43.5 Å². The molecule has 0 amide bonds. The molecule has 0 aliphatic carbocycles. The zero-order chi connectivity index (χ0) is 12.7. The van der Waals surface area contributed by atoms with Crippen molar-refractivity contribution in [1.82, 2.24) is 0 Å². The second kappa shape index (κ2) is 7.72. The van der Waals surface area contributed by atoms with E-state index in [2.05, 4.69) is 52.9 Å². The molecule has 0 bridgehead atoms. The zero-order valence-electron chi connectivity index (χ0n) is 10.9. The average Bonchev–Trinajstić information content (AvgIpc) is 2.31. The van der Waals surface area contributed by atoms with Gasteiger partial charge in [0.1, 0.15) is 0 Å². The molecule has 0 spiro atoms. The van der Waals surface area contributed by atoms with Crippen molar-refractivity contribution in [2.75, 3.05) is 24.5 Å². The van der Waals surface area contributed by atoms with Crippen molar-refractivity contribution >= 4 is 21.6 Å². The quantitative estimate of drug-likeness (QED) is 0.834. The summed E-state index contributed by atoms with van der Waals surface area (Å²) in [6.45, 7) is 7.39. The molecule has 2 N–H and O–H groups in total. The van der Waals surface area contributed by atoms with Crippen LogP contribution in [0.4, 0.5) is 5.69 Å². The second-order valence-corrected chi connectivity index (χ2v) is 5.21. The SMILES string of the molecule is CCCN(CCC)c1cc(Br)ccc1CCN. The van der Waals surface area contributed by atoms with Crippen molar-refractivity contribution in [1.29, 1.82) is 0 Å². The van der Waals surface area contributed by atoms with Crippen molar-refractivity contribution in [3.63, 3.8) is 0 Å². The first-order valence-corrected chi connectivity index (χ1v) is 7.25. The minimum absolute atomic E-state index is 0.709. The van der Waals surface area contributed by atoms with Crippen molar-refractivity contribution in [2.45, 2.75) is 33.1 Å². The van der Waals surface area contributed by atoms with Gasteiger partial charge in [0.05, 0.1) is 0 Å². The predicted octanol–water partition coefficient (Wildman–Crippen LogP) is 3.58. The summed E-state index contributed by atoms with van der Waals surface area (Å²) in [4.78, 5) is 2.47. The van der Waals surface area contributed by atoms with Gasteiger partial charge >= 0.3 is 0 Å². The Bertz CT molecular complexity index is 333. The molecule has 0 atom stereocenters. The molecule has 1 aromatic rings. The van der Waals surface area contributed by atoms with E-state index < -0.39 is 0 Å². The van der Waals surface area contributed by atoms with Crippen LogP contribution < -0.4 is 10.6 Å². The Morgan fingerprint density at radius 1 is 1.18 bits per heavy atom. The van der Waals surface area contributed by atoms with Crippen LogP contribution >= 0.6 is 15.9 Å². The first-order chi connectivity index (χ1) is 8.22. The zero-order valence-corrected chi connectivity index (χ0v) is 12.5. The van der Waals surface area contributed by atoms with Crippen LogP contribution in [-0.2, 0) is 6.42 Å². The standard InChI is InChI=1S/C14H23BrN2/c1-3-9-17(10-4-2)14-11-13(15)6-5-12(14)7-8-16/h5-6,11H,3-4,7-10,16H2,1-2H3. The van der Waals surface area contributed by atoms with Crippen molar-refractivity contribution in [2.24, 2.45) is 5.73 Å². The van der Waals surface area contributed by atoms with Crippen LogP contribution in [0, 0.1) is 0 Å². The normalized spacial score (nSPS) is 10.6. The van der Waals surface area contributed by atoms with Gasteiger partial charge in [-0.1, -0.05) is 35.8 Å². The molecule has 0 unspecified atom stereocenters. The van der Waals surface area contributed by atoms with E-state index in [4.69, 9.17) is 5.73 Å². The van der Waals surface area contributed by atoms with Crippen molar-refractivity contribution < 1.29 is 0 Å². The van der Waals surface area contributed by atoms with Crippen LogP contribution in [0.15, 0.2) is 22.7 Å². The molecule has 1 aromatic carbocycles. The van der Waals surface area contributed by atoms with E-state index in [1.54, 1.807) is 0 Å². The van der Waals surface area contributed by atoms with E-state index in [0.717, 1.165) is 24.0 Å². The van der Waals surface area contributed by atoms with Gasteiger partial charge in [0.25, 0.3) is 0 Å². The number of halogens is 1. The van der Waals surface area contributed by atoms with Gasteiger partial charge in [0, 0.05) is 23.2 Å². The Labute approximate surface area is 113 Å². The van der Waals surface area contributed by atoms with E-state index in [0.29, 0.717) is 6.54 Å². The lowest BCUT2D eigenvalue weighted by molar-refractivity contribution is 0.739. The van der Waals surface area contributed by atoms with Crippen LogP contribution in [-0.4, -0.2) is 19.6 Å².